The highest BCUT2D eigenvalue weighted by molar-refractivity contribution is 5.88. The molecule has 45 heavy (non-hydrogen) atoms. The summed E-state index contributed by atoms with van der Waals surface area (Å²) in [6, 6.07) is 23.2. The minimum atomic E-state index is -1.68. The zero-order chi connectivity index (χ0) is 32.2. The van der Waals surface area contributed by atoms with E-state index in [0.717, 1.165) is 27.8 Å². The molecule has 0 bridgehead atoms. The molecule has 4 rings (SSSR count). The van der Waals surface area contributed by atoms with Crippen LogP contribution in [-0.2, 0) is 30.2 Å². The van der Waals surface area contributed by atoms with E-state index >= 15 is 0 Å². The topological polar surface area (TPSA) is 149 Å². The molecule has 0 fully saturated rings. The largest absolute Gasteiger partial charge is 0.462 e. The molecule has 10 heteroatoms. The van der Waals surface area contributed by atoms with Gasteiger partial charge < -0.3 is 35.7 Å². The molecule has 0 saturated heterocycles. The Balaban J connectivity index is 1.42. The number of hydrogen-bond acceptors (Lipinski definition) is 8. The normalized spacial score (nSPS) is 14.2. The van der Waals surface area contributed by atoms with Crippen molar-refractivity contribution >= 4 is 18.0 Å². The number of alkyl carbamates (subject to hydrolysis) is 1. The maximum atomic E-state index is 13.3. The molecule has 2 amide bonds. The van der Waals surface area contributed by atoms with Crippen LogP contribution in [0.25, 0.3) is 11.1 Å². The highest BCUT2D eigenvalue weighted by atomic mass is 16.6. The van der Waals surface area contributed by atoms with Crippen LogP contribution >= 0.6 is 0 Å². The summed E-state index contributed by atoms with van der Waals surface area (Å²) in [6.45, 7) is 4.77. The number of carbonyl (C=O) groups excluding carboxylic acids is 3. The lowest BCUT2D eigenvalue weighted by Crippen LogP contribution is -2.55. The number of rotatable bonds is 16. The predicted molar refractivity (Wildman–Crippen MR) is 170 cm³/mol. The van der Waals surface area contributed by atoms with E-state index < -0.39 is 36.2 Å². The Morgan fingerprint density at radius 1 is 0.822 bits per heavy atom. The number of aliphatic hydroxyl groups is 1. The SMILES string of the molecule is CC(C)C[C@H](NC(=O)[C@@H](O)C(Cc1ccccc1)NC(=O)OCC1c2ccccc2-c2ccccc21)C(=O)OCCOCCN. The van der Waals surface area contributed by atoms with Gasteiger partial charge in [0.15, 0.2) is 6.10 Å². The van der Waals surface area contributed by atoms with Crippen LogP contribution in [0.4, 0.5) is 4.79 Å². The van der Waals surface area contributed by atoms with Crippen LogP contribution in [0.3, 0.4) is 0 Å². The lowest BCUT2D eigenvalue weighted by atomic mass is 9.98. The number of nitrogens with two attached hydrogens (primary N) is 1. The minimum absolute atomic E-state index is 0.00578. The number of benzene rings is 3. The number of nitrogens with one attached hydrogen (secondary N) is 2. The summed E-state index contributed by atoms with van der Waals surface area (Å²) < 4.78 is 16.2. The van der Waals surface area contributed by atoms with Gasteiger partial charge in [-0.25, -0.2) is 9.59 Å². The van der Waals surface area contributed by atoms with E-state index in [0.29, 0.717) is 19.6 Å². The highest BCUT2D eigenvalue weighted by Gasteiger charge is 2.33. The first-order chi connectivity index (χ1) is 21.8. The van der Waals surface area contributed by atoms with Crippen LogP contribution in [0.5, 0.6) is 0 Å². The van der Waals surface area contributed by atoms with Gasteiger partial charge in [0.2, 0.25) is 0 Å². The van der Waals surface area contributed by atoms with E-state index in [1.54, 1.807) is 0 Å². The van der Waals surface area contributed by atoms with Crippen molar-refractivity contribution in [2.75, 3.05) is 33.0 Å². The summed E-state index contributed by atoms with van der Waals surface area (Å²) >= 11 is 0. The van der Waals surface area contributed by atoms with Crippen molar-refractivity contribution in [3.05, 3.63) is 95.6 Å². The third-order valence-electron chi connectivity index (χ3n) is 7.64. The quantitative estimate of drug-likeness (QED) is 0.141. The van der Waals surface area contributed by atoms with Gasteiger partial charge in [-0.1, -0.05) is 92.7 Å². The number of fused-ring (bicyclic) bond motifs is 3. The minimum Gasteiger partial charge on any atom is -0.462 e. The highest BCUT2D eigenvalue weighted by Crippen LogP contribution is 2.44. The Morgan fingerprint density at radius 2 is 1.44 bits per heavy atom. The summed E-state index contributed by atoms with van der Waals surface area (Å²) in [7, 11) is 0. The van der Waals surface area contributed by atoms with Crippen molar-refractivity contribution in [2.45, 2.75) is 50.8 Å². The molecule has 3 aromatic rings. The van der Waals surface area contributed by atoms with E-state index in [1.807, 2.05) is 80.6 Å². The van der Waals surface area contributed by atoms with E-state index in [1.165, 1.54) is 0 Å². The Labute approximate surface area is 264 Å². The van der Waals surface area contributed by atoms with Crippen molar-refractivity contribution in [2.24, 2.45) is 11.7 Å². The Bertz CT molecular complexity index is 1370. The average Bonchev–Trinajstić information content (AvgIpc) is 3.36. The molecule has 0 heterocycles. The van der Waals surface area contributed by atoms with Gasteiger partial charge in [0.1, 0.15) is 19.3 Å². The van der Waals surface area contributed by atoms with E-state index in [2.05, 4.69) is 22.8 Å². The molecule has 5 N–H and O–H groups in total. The van der Waals surface area contributed by atoms with E-state index in [-0.39, 0.29) is 38.1 Å². The number of hydrogen-bond donors (Lipinski definition) is 4. The molecule has 0 saturated carbocycles. The molecular weight excluding hydrogens is 574 g/mol. The lowest BCUT2D eigenvalue weighted by molar-refractivity contribution is -0.151. The van der Waals surface area contributed by atoms with Gasteiger partial charge in [-0.15, -0.1) is 0 Å². The standard InChI is InChI=1S/C35H43N3O7/c1-23(2)20-31(34(41)44-19-18-43-17-16-36)37-33(40)32(39)30(21-24-10-4-3-5-11-24)38-35(42)45-22-29-27-14-8-6-12-25(27)26-13-7-9-15-28(26)29/h3-15,23,29-32,39H,16-22,36H2,1-2H3,(H,37,40)(H,38,42)/t30?,31-,32-/m0/s1. The Hall–Kier alpha value is -4.25. The fraction of sp³-hybridized carbons (Fsp3) is 0.400. The second-order valence-corrected chi connectivity index (χ2v) is 11.5. The first-order valence-electron chi connectivity index (χ1n) is 15.4. The van der Waals surface area contributed by atoms with Gasteiger partial charge in [0.05, 0.1) is 19.3 Å². The van der Waals surface area contributed by atoms with Gasteiger partial charge in [-0.2, -0.15) is 0 Å². The molecule has 1 aliphatic carbocycles. The van der Waals surface area contributed by atoms with Crippen LogP contribution in [0.1, 0.15) is 42.9 Å². The average molecular weight is 618 g/mol. The number of esters is 1. The van der Waals surface area contributed by atoms with Crippen molar-refractivity contribution in [1.82, 2.24) is 10.6 Å². The third-order valence-corrected chi connectivity index (χ3v) is 7.64. The van der Waals surface area contributed by atoms with Gasteiger partial charge in [-0.05, 0) is 46.6 Å². The number of carbonyl (C=O) groups is 3. The second-order valence-electron chi connectivity index (χ2n) is 11.5. The summed E-state index contributed by atoms with van der Waals surface area (Å²) in [5.74, 6) is -1.54. The number of amides is 2. The fourth-order valence-corrected chi connectivity index (χ4v) is 5.51. The molecule has 1 unspecified atom stereocenters. The van der Waals surface area contributed by atoms with Gasteiger partial charge in [0, 0.05) is 12.5 Å². The molecule has 0 aromatic heterocycles. The zero-order valence-electron chi connectivity index (χ0n) is 25.8. The third kappa shape index (κ3) is 9.37. The first kappa shape index (κ1) is 33.6. The van der Waals surface area contributed by atoms with Crippen LogP contribution < -0.4 is 16.4 Å². The Kier molecular flexibility index (Phi) is 12.5. The molecule has 10 nitrogen and oxygen atoms in total. The van der Waals surface area contributed by atoms with Crippen LogP contribution in [0.2, 0.25) is 0 Å². The summed E-state index contributed by atoms with van der Waals surface area (Å²) in [5, 5.41) is 16.5. The maximum absolute atomic E-state index is 13.3. The van der Waals surface area contributed by atoms with Crippen LogP contribution in [0.15, 0.2) is 78.9 Å². The van der Waals surface area contributed by atoms with Gasteiger partial charge in [0.25, 0.3) is 5.91 Å². The van der Waals surface area contributed by atoms with Crippen LogP contribution in [0, 0.1) is 5.92 Å². The maximum Gasteiger partial charge on any atom is 0.407 e. The molecular formula is C35H43N3O7. The van der Waals surface area contributed by atoms with Gasteiger partial charge >= 0.3 is 12.1 Å². The summed E-state index contributed by atoms with van der Waals surface area (Å²) in [5.41, 5.74) is 10.5. The smallest absolute Gasteiger partial charge is 0.407 e. The first-order valence-corrected chi connectivity index (χ1v) is 15.4. The fourth-order valence-electron chi connectivity index (χ4n) is 5.51. The van der Waals surface area contributed by atoms with Gasteiger partial charge in [-0.3, -0.25) is 4.79 Å². The molecule has 1 aliphatic rings. The van der Waals surface area contributed by atoms with Crippen molar-refractivity contribution < 1.29 is 33.7 Å². The van der Waals surface area contributed by atoms with Crippen molar-refractivity contribution in [3.63, 3.8) is 0 Å². The number of aliphatic hydroxyl groups excluding tert-OH is 1. The molecule has 3 atom stereocenters. The summed E-state index contributed by atoms with van der Waals surface area (Å²) in [4.78, 5) is 39.3. The molecule has 0 aliphatic heterocycles. The monoisotopic (exact) mass is 617 g/mol. The molecule has 0 spiro atoms. The second kappa shape index (κ2) is 16.7. The number of ether oxygens (including phenoxy) is 3. The van der Waals surface area contributed by atoms with Crippen molar-refractivity contribution in [3.8, 4) is 11.1 Å². The molecule has 3 aromatic carbocycles. The Morgan fingerprint density at radius 3 is 2.07 bits per heavy atom. The van der Waals surface area contributed by atoms with E-state index in [9.17, 15) is 19.5 Å². The molecule has 240 valence electrons. The van der Waals surface area contributed by atoms with Crippen LogP contribution in [-0.4, -0.2) is 74.2 Å². The summed E-state index contributed by atoms with van der Waals surface area (Å²) in [6.07, 6.45) is -2.00. The molecule has 0 radical (unpaired) electrons. The predicted octanol–water partition coefficient (Wildman–Crippen LogP) is 3.55. The zero-order valence-corrected chi connectivity index (χ0v) is 25.8. The van der Waals surface area contributed by atoms with Crippen molar-refractivity contribution in [1.29, 1.82) is 0 Å². The van der Waals surface area contributed by atoms with E-state index in [4.69, 9.17) is 19.9 Å². The lowest BCUT2D eigenvalue weighted by Gasteiger charge is -2.26.